The van der Waals surface area contributed by atoms with Crippen molar-refractivity contribution in [1.82, 2.24) is 19.6 Å². The minimum Gasteiger partial charge on any atom is -0.262 e. The van der Waals surface area contributed by atoms with Gasteiger partial charge in [-0.3, -0.25) is 4.98 Å². The number of alkyl halides is 6. The predicted octanol–water partition coefficient (Wildman–Crippen LogP) is 3.88. The molecular weight excluding hydrogens is 500 g/mol. The summed E-state index contributed by atoms with van der Waals surface area (Å²) >= 11 is 0. The highest BCUT2D eigenvalue weighted by molar-refractivity contribution is 7.89. The quantitative estimate of drug-likeness (QED) is 0.325. The Hall–Kier alpha value is -3.96. The molecule has 1 aromatic carbocycles. The second kappa shape index (κ2) is 8.36. The minimum atomic E-state index is -4.87. The van der Waals surface area contributed by atoms with Gasteiger partial charge in [0.1, 0.15) is 10.6 Å². The highest BCUT2D eigenvalue weighted by Crippen LogP contribution is 2.34. The number of nitrogens with two attached hydrogens (primary N) is 1. The zero-order chi connectivity index (χ0) is 25.6. The highest BCUT2D eigenvalue weighted by Gasteiger charge is 2.35. The first-order valence-corrected chi connectivity index (χ1v) is 10.9. The van der Waals surface area contributed by atoms with E-state index < -0.39 is 33.6 Å². The van der Waals surface area contributed by atoms with Crippen LogP contribution in [0.25, 0.3) is 16.9 Å². The van der Waals surface area contributed by atoms with Crippen LogP contribution < -0.4 is 5.14 Å². The fourth-order valence-corrected chi connectivity index (χ4v) is 3.49. The molecule has 0 bridgehead atoms. The van der Waals surface area contributed by atoms with Gasteiger partial charge in [-0.05, 0) is 30.2 Å². The van der Waals surface area contributed by atoms with Gasteiger partial charge in [-0.1, -0.05) is 18.1 Å². The van der Waals surface area contributed by atoms with E-state index in [1.54, 1.807) is 0 Å². The number of aromatic nitrogens is 4. The molecule has 180 valence electrons. The van der Waals surface area contributed by atoms with Crippen molar-refractivity contribution < 1.29 is 34.8 Å². The van der Waals surface area contributed by atoms with Crippen molar-refractivity contribution in [2.24, 2.45) is 5.14 Å². The van der Waals surface area contributed by atoms with E-state index in [1.807, 2.05) is 0 Å². The van der Waals surface area contributed by atoms with Gasteiger partial charge in [0.2, 0.25) is 10.0 Å². The number of hydrogen-bond acceptors (Lipinski definition) is 5. The van der Waals surface area contributed by atoms with Gasteiger partial charge in [0.05, 0.1) is 11.3 Å². The fourth-order valence-electron chi connectivity index (χ4n) is 2.99. The van der Waals surface area contributed by atoms with E-state index >= 15 is 0 Å². The largest absolute Gasteiger partial charge is 0.433 e. The Balaban J connectivity index is 1.78. The normalized spacial score (nSPS) is 12.4. The summed E-state index contributed by atoms with van der Waals surface area (Å²) in [5.41, 5.74) is -2.63. The Labute approximate surface area is 193 Å². The fraction of sp³-hybridized carbons (Fsp3) is 0.0952. The highest BCUT2D eigenvalue weighted by atomic mass is 32.2. The third-order valence-electron chi connectivity index (χ3n) is 4.60. The Morgan fingerprint density at radius 3 is 2.17 bits per heavy atom. The molecule has 4 rings (SSSR count). The lowest BCUT2D eigenvalue weighted by molar-refractivity contribution is -0.142. The molecule has 2 N–H and O–H groups in total. The lowest BCUT2D eigenvalue weighted by Gasteiger charge is -2.11. The van der Waals surface area contributed by atoms with Gasteiger partial charge in [-0.25, -0.2) is 23.1 Å². The van der Waals surface area contributed by atoms with Crippen LogP contribution in [0.4, 0.5) is 26.3 Å². The van der Waals surface area contributed by atoms with E-state index in [0.717, 1.165) is 42.6 Å². The Bertz CT molecular complexity index is 1600. The molecular formula is C21H11F6N5O2S. The van der Waals surface area contributed by atoms with Crippen LogP contribution in [0.15, 0.2) is 59.8 Å². The third-order valence-corrected chi connectivity index (χ3v) is 5.48. The van der Waals surface area contributed by atoms with Gasteiger partial charge in [0.15, 0.2) is 11.3 Å². The molecule has 0 aliphatic heterocycles. The minimum absolute atomic E-state index is 0.0331. The molecule has 0 saturated heterocycles. The van der Waals surface area contributed by atoms with Gasteiger partial charge in [0.25, 0.3) is 0 Å². The van der Waals surface area contributed by atoms with Crippen molar-refractivity contribution in [3.8, 4) is 23.1 Å². The predicted molar refractivity (Wildman–Crippen MR) is 110 cm³/mol. The summed E-state index contributed by atoms with van der Waals surface area (Å²) in [5, 5.41) is 8.83. The molecule has 0 aliphatic carbocycles. The molecule has 0 spiro atoms. The summed E-state index contributed by atoms with van der Waals surface area (Å²) in [6.45, 7) is 0. The number of sulfonamides is 1. The maximum atomic E-state index is 13.7. The average molecular weight is 511 g/mol. The summed E-state index contributed by atoms with van der Waals surface area (Å²) in [7, 11) is -4.04. The first-order valence-electron chi connectivity index (χ1n) is 9.37. The van der Waals surface area contributed by atoms with Crippen LogP contribution in [0.2, 0.25) is 0 Å². The molecule has 0 unspecified atom stereocenters. The molecule has 3 heterocycles. The topological polar surface area (TPSA) is 103 Å². The zero-order valence-corrected chi connectivity index (χ0v) is 17.9. The second-order valence-electron chi connectivity index (χ2n) is 7.10. The molecule has 14 heteroatoms. The van der Waals surface area contributed by atoms with E-state index in [-0.39, 0.29) is 33.1 Å². The van der Waals surface area contributed by atoms with Crippen molar-refractivity contribution in [3.63, 3.8) is 0 Å². The van der Waals surface area contributed by atoms with Crippen molar-refractivity contribution in [3.05, 3.63) is 77.4 Å². The smallest absolute Gasteiger partial charge is 0.262 e. The van der Waals surface area contributed by atoms with Gasteiger partial charge < -0.3 is 0 Å². The molecule has 7 nitrogen and oxygen atoms in total. The van der Waals surface area contributed by atoms with Crippen LogP contribution in [0, 0.1) is 11.8 Å². The Morgan fingerprint density at radius 1 is 0.886 bits per heavy atom. The van der Waals surface area contributed by atoms with Crippen LogP contribution in [0.3, 0.4) is 0 Å². The van der Waals surface area contributed by atoms with E-state index in [0.29, 0.717) is 10.6 Å². The molecule has 0 atom stereocenters. The SMILES string of the molecule is NS(=O)(=O)c1cncc(C#Cc2cc3nc(-c4ccc(C(F)(F)F)cc4)cc(C(F)(F)F)n3n2)c1. The monoisotopic (exact) mass is 511 g/mol. The molecule has 0 fully saturated rings. The first-order chi connectivity index (χ1) is 16.2. The standard InChI is InChI=1S/C21H11F6N5O2S/c22-20(23,24)14-4-2-13(3-5-14)17-9-18(21(25,26)27)32-19(30-17)8-15(31-32)6-1-12-7-16(11-29-10-12)35(28,33)34/h2-5,7-11H,(H2,28,33,34). The van der Waals surface area contributed by atoms with Crippen LogP contribution in [0.1, 0.15) is 22.5 Å². The van der Waals surface area contributed by atoms with Crippen molar-refractivity contribution in [2.45, 2.75) is 17.2 Å². The lowest BCUT2D eigenvalue weighted by Crippen LogP contribution is -2.13. The number of nitrogens with zero attached hydrogens (tertiary/aromatic N) is 4. The summed E-state index contributed by atoms with van der Waals surface area (Å²) in [6, 6.07) is 6.46. The Kier molecular flexibility index (Phi) is 5.78. The van der Waals surface area contributed by atoms with Crippen LogP contribution in [0.5, 0.6) is 0 Å². The molecule has 35 heavy (non-hydrogen) atoms. The summed E-state index contributed by atoms with van der Waals surface area (Å²) in [5.74, 6) is 5.04. The molecule has 0 radical (unpaired) electrons. The van der Waals surface area contributed by atoms with Gasteiger partial charge in [-0.15, -0.1) is 0 Å². The number of halogens is 6. The van der Waals surface area contributed by atoms with Crippen LogP contribution in [-0.2, 0) is 22.4 Å². The average Bonchev–Trinajstić information content (AvgIpc) is 3.18. The molecule has 0 aliphatic rings. The summed E-state index contributed by atoms with van der Waals surface area (Å²) < 4.78 is 103. The van der Waals surface area contributed by atoms with Gasteiger partial charge in [-0.2, -0.15) is 31.4 Å². The summed E-state index contributed by atoms with van der Waals surface area (Å²) in [4.78, 5) is 7.47. The number of pyridine rings is 1. The lowest BCUT2D eigenvalue weighted by atomic mass is 10.1. The molecule has 0 saturated carbocycles. The van der Waals surface area contributed by atoms with Crippen molar-refractivity contribution in [1.29, 1.82) is 0 Å². The zero-order valence-electron chi connectivity index (χ0n) is 17.1. The number of benzene rings is 1. The molecule has 4 aromatic rings. The molecule has 0 amide bonds. The van der Waals surface area contributed by atoms with Crippen LogP contribution >= 0.6 is 0 Å². The number of fused-ring (bicyclic) bond motifs is 1. The van der Waals surface area contributed by atoms with Crippen molar-refractivity contribution in [2.75, 3.05) is 0 Å². The maximum absolute atomic E-state index is 13.7. The Morgan fingerprint density at radius 2 is 1.57 bits per heavy atom. The maximum Gasteiger partial charge on any atom is 0.433 e. The third kappa shape index (κ3) is 5.26. The van der Waals surface area contributed by atoms with E-state index in [1.165, 1.54) is 6.20 Å². The van der Waals surface area contributed by atoms with Crippen LogP contribution in [-0.4, -0.2) is 28.0 Å². The second-order valence-corrected chi connectivity index (χ2v) is 8.66. The molecule has 3 aromatic heterocycles. The summed E-state index contributed by atoms with van der Waals surface area (Å²) in [6.07, 6.45) is -7.24. The van der Waals surface area contributed by atoms with Gasteiger partial charge in [0, 0.05) is 29.6 Å². The first kappa shape index (κ1) is 24.2. The number of primary sulfonamides is 1. The van der Waals surface area contributed by atoms with Crippen molar-refractivity contribution >= 4 is 15.7 Å². The number of hydrogen-bond donors (Lipinski definition) is 1. The van der Waals surface area contributed by atoms with Gasteiger partial charge >= 0.3 is 12.4 Å². The number of rotatable bonds is 2. The van der Waals surface area contributed by atoms with E-state index in [9.17, 15) is 34.8 Å². The van der Waals surface area contributed by atoms with E-state index in [2.05, 4.69) is 26.9 Å². The van der Waals surface area contributed by atoms with E-state index in [4.69, 9.17) is 5.14 Å².